The van der Waals surface area contributed by atoms with Crippen LogP contribution in [0.25, 0.3) is 0 Å². The van der Waals surface area contributed by atoms with Gasteiger partial charge in [0.2, 0.25) is 0 Å². The largest absolute Gasteiger partial charge is 0.280 e. The van der Waals surface area contributed by atoms with Crippen LogP contribution in [0.5, 0.6) is 0 Å². The maximum atomic E-state index is 11.8. The van der Waals surface area contributed by atoms with Crippen molar-refractivity contribution < 1.29 is 13.2 Å². The second-order valence-electron chi connectivity index (χ2n) is 2.03. The predicted octanol–water partition coefficient (Wildman–Crippen LogP) is 2.49. The minimum atomic E-state index is -2.58. The lowest BCUT2D eigenvalue weighted by Crippen LogP contribution is -1.90. The average Bonchev–Trinajstić information content (AvgIpc) is 2.05. The molecule has 1 heterocycles. The van der Waals surface area contributed by atoms with Crippen LogP contribution in [-0.4, -0.2) is 4.98 Å². The molecule has 11 heavy (non-hydrogen) atoms. The molecule has 0 amide bonds. The van der Waals surface area contributed by atoms with Gasteiger partial charge in [-0.15, -0.1) is 0 Å². The van der Waals surface area contributed by atoms with E-state index < -0.39 is 13.1 Å². The van der Waals surface area contributed by atoms with Crippen LogP contribution in [0.1, 0.15) is 17.7 Å². The number of halogens is 3. The van der Waals surface area contributed by atoms with E-state index in [0.29, 0.717) is 5.56 Å². The van der Waals surface area contributed by atoms with Crippen molar-refractivity contribution in [2.75, 3.05) is 0 Å². The molecule has 0 aliphatic heterocycles. The van der Waals surface area contributed by atoms with Gasteiger partial charge in [-0.3, -0.25) is 4.98 Å². The SMILES string of the molecule is FCc1ccc(C(F)F)nc1. The van der Waals surface area contributed by atoms with E-state index in [-0.39, 0.29) is 5.69 Å². The van der Waals surface area contributed by atoms with Gasteiger partial charge < -0.3 is 0 Å². The molecule has 1 rings (SSSR count). The Labute approximate surface area is 61.9 Å². The first-order chi connectivity index (χ1) is 5.24. The van der Waals surface area contributed by atoms with Gasteiger partial charge in [-0.2, -0.15) is 0 Å². The Kier molecular flexibility index (Phi) is 2.46. The zero-order chi connectivity index (χ0) is 8.27. The number of rotatable bonds is 2. The van der Waals surface area contributed by atoms with Crippen LogP contribution in [0, 0.1) is 0 Å². The van der Waals surface area contributed by atoms with Crippen molar-refractivity contribution in [3.8, 4) is 0 Å². The Morgan fingerprint density at radius 2 is 2.09 bits per heavy atom. The highest BCUT2D eigenvalue weighted by molar-refractivity contribution is 5.13. The molecular weight excluding hydrogens is 155 g/mol. The van der Waals surface area contributed by atoms with Gasteiger partial charge in [-0.25, -0.2) is 13.2 Å². The first kappa shape index (κ1) is 8.04. The number of pyridine rings is 1. The fourth-order valence-electron chi connectivity index (χ4n) is 0.644. The van der Waals surface area contributed by atoms with E-state index in [1.165, 1.54) is 6.07 Å². The van der Waals surface area contributed by atoms with E-state index in [2.05, 4.69) is 4.98 Å². The molecule has 0 aromatic carbocycles. The van der Waals surface area contributed by atoms with E-state index in [0.717, 1.165) is 12.3 Å². The van der Waals surface area contributed by atoms with Gasteiger partial charge >= 0.3 is 0 Å². The Hall–Kier alpha value is -1.06. The van der Waals surface area contributed by atoms with Crippen LogP contribution in [0.15, 0.2) is 18.3 Å². The highest BCUT2D eigenvalue weighted by atomic mass is 19.3. The molecule has 0 aliphatic rings. The second-order valence-corrected chi connectivity index (χ2v) is 2.03. The Balaban J connectivity index is 2.83. The van der Waals surface area contributed by atoms with Gasteiger partial charge in [0.1, 0.15) is 12.4 Å². The van der Waals surface area contributed by atoms with E-state index in [4.69, 9.17) is 0 Å². The number of alkyl halides is 3. The molecule has 4 heteroatoms. The Morgan fingerprint density at radius 3 is 2.45 bits per heavy atom. The van der Waals surface area contributed by atoms with Crippen LogP contribution in [-0.2, 0) is 6.67 Å². The zero-order valence-corrected chi connectivity index (χ0v) is 5.60. The van der Waals surface area contributed by atoms with Crippen LogP contribution in [0.2, 0.25) is 0 Å². The fraction of sp³-hybridized carbons (Fsp3) is 0.286. The highest BCUT2D eigenvalue weighted by Crippen LogP contribution is 2.15. The third-order valence-corrected chi connectivity index (χ3v) is 1.23. The van der Waals surface area contributed by atoms with Crippen LogP contribution in [0.4, 0.5) is 13.2 Å². The van der Waals surface area contributed by atoms with Gasteiger partial charge in [0.15, 0.2) is 0 Å². The summed E-state index contributed by atoms with van der Waals surface area (Å²) in [4.78, 5) is 3.36. The molecule has 0 fully saturated rings. The molecule has 0 radical (unpaired) electrons. The quantitative estimate of drug-likeness (QED) is 0.649. The maximum absolute atomic E-state index is 11.8. The van der Waals surface area contributed by atoms with Crippen molar-refractivity contribution in [2.24, 2.45) is 0 Å². The van der Waals surface area contributed by atoms with Gasteiger partial charge in [-0.05, 0) is 6.07 Å². The van der Waals surface area contributed by atoms with Crippen LogP contribution < -0.4 is 0 Å². The molecule has 0 N–H and O–H groups in total. The zero-order valence-electron chi connectivity index (χ0n) is 5.60. The number of hydrogen-bond acceptors (Lipinski definition) is 1. The van der Waals surface area contributed by atoms with E-state index in [1.54, 1.807) is 0 Å². The molecule has 60 valence electrons. The van der Waals surface area contributed by atoms with Crippen molar-refractivity contribution >= 4 is 0 Å². The molecule has 0 saturated carbocycles. The average molecular weight is 161 g/mol. The minimum absolute atomic E-state index is 0.314. The first-order valence-corrected chi connectivity index (χ1v) is 3.03. The highest BCUT2D eigenvalue weighted by Gasteiger charge is 2.06. The molecule has 0 spiro atoms. The van der Waals surface area contributed by atoms with E-state index in [9.17, 15) is 13.2 Å². The summed E-state index contributed by atoms with van der Waals surface area (Å²) < 4.78 is 35.5. The second kappa shape index (κ2) is 3.37. The molecule has 0 unspecified atom stereocenters. The maximum Gasteiger partial charge on any atom is 0.280 e. The first-order valence-electron chi connectivity index (χ1n) is 3.03. The van der Waals surface area contributed by atoms with Crippen LogP contribution >= 0.6 is 0 Å². The standard InChI is InChI=1S/C7H6F3N/c8-3-5-1-2-6(7(9)10)11-4-5/h1-2,4,7H,3H2. The molecule has 1 nitrogen and oxygen atoms in total. The van der Waals surface area contributed by atoms with E-state index >= 15 is 0 Å². The van der Waals surface area contributed by atoms with Crippen molar-refractivity contribution in [2.45, 2.75) is 13.1 Å². The summed E-state index contributed by atoms with van der Waals surface area (Å²) in [6, 6.07) is 2.42. The van der Waals surface area contributed by atoms with Gasteiger partial charge in [0, 0.05) is 11.8 Å². The number of aromatic nitrogens is 1. The van der Waals surface area contributed by atoms with Crippen LogP contribution in [0.3, 0.4) is 0 Å². The molecule has 0 bridgehead atoms. The lowest BCUT2D eigenvalue weighted by molar-refractivity contribution is 0.146. The smallest absolute Gasteiger partial charge is 0.255 e. The third-order valence-electron chi connectivity index (χ3n) is 1.23. The Bertz CT molecular complexity index is 220. The summed E-state index contributed by atoms with van der Waals surface area (Å²) in [6.07, 6.45) is -1.47. The number of nitrogens with zero attached hydrogens (tertiary/aromatic N) is 1. The summed E-state index contributed by atoms with van der Waals surface area (Å²) in [7, 11) is 0. The van der Waals surface area contributed by atoms with Crippen molar-refractivity contribution in [1.82, 2.24) is 4.98 Å². The molecule has 0 saturated heterocycles. The minimum Gasteiger partial charge on any atom is -0.255 e. The topological polar surface area (TPSA) is 12.9 Å². The van der Waals surface area contributed by atoms with E-state index in [1.807, 2.05) is 0 Å². The lowest BCUT2D eigenvalue weighted by Gasteiger charge is -1.97. The molecule has 0 aliphatic carbocycles. The van der Waals surface area contributed by atoms with Crippen molar-refractivity contribution in [3.63, 3.8) is 0 Å². The summed E-state index contributed by atoms with van der Waals surface area (Å²) >= 11 is 0. The third kappa shape index (κ3) is 1.93. The summed E-state index contributed by atoms with van der Waals surface area (Å²) in [5.74, 6) is 0. The fourth-order valence-corrected chi connectivity index (χ4v) is 0.644. The predicted molar refractivity (Wildman–Crippen MR) is 34.0 cm³/mol. The molecule has 0 atom stereocenters. The van der Waals surface area contributed by atoms with Crippen molar-refractivity contribution in [3.05, 3.63) is 29.6 Å². The van der Waals surface area contributed by atoms with Gasteiger partial charge in [-0.1, -0.05) is 6.07 Å². The van der Waals surface area contributed by atoms with Crippen molar-refractivity contribution in [1.29, 1.82) is 0 Å². The van der Waals surface area contributed by atoms with Gasteiger partial charge in [0.05, 0.1) is 0 Å². The lowest BCUT2D eigenvalue weighted by atomic mass is 10.3. The normalized spacial score (nSPS) is 10.5. The summed E-state index contributed by atoms with van der Waals surface area (Å²) in [5.41, 5.74) is -0.00315. The Morgan fingerprint density at radius 1 is 1.36 bits per heavy atom. The number of hydrogen-bond donors (Lipinski definition) is 0. The molecule has 1 aromatic rings. The summed E-state index contributed by atoms with van der Waals surface area (Å²) in [5, 5.41) is 0. The summed E-state index contributed by atoms with van der Waals surface area (Å²) in [6.45, 7) is -0.670. The van der Waals surface area contributed by atoms with Gasteiger partial charge in [0.25, 0.3) is 6.43 Å². The molecule has 1 aromatic heterocycles. The molecular formula is C7H6F3N. The monoisotopic (exact) mass is 161 g/mol.